The van der Waals surface area contributed by atoms with Crippen molar-refractivity contribution in [3.63, 3.8) is 0 Å². The van der Waals surface area contributed by atoms with E-state index in [4.69, 9.17) is 4.74 Å². The summed E-state index contributed by atoms with van der Waals surface area (Å²) in [5.74, 6) is 0.434. The minimum Gasteiger partial charge on any atom is -0.493 e. The van der Waals surface area contributed by atoms with Crippen molar-refractivity contribution in [3.8, 4) is 22.0 Å². The van der Waals surface area contributed by atoms with Crippen molar-refractivity contribution in [3.05, 3.63) is 65.2 Å². The summed E-state index contributed by atoms with van der Waals surface area (Å²) < 4.78 is 21.1. The molecular formula is C21H19FN6O2S. The number of hydrogen-bond acceptors (Lipinski definition) is 7. The van der Waals surface area contributed by atoms with Crippen molar-refractivity contribution < 1.29 is 13.9 Å². The summed E-state index contributed by atoms with van der Waals surface area (Å²) in [6.07, 6.45) is 0.0872. The molecule has 0 aliphatic heterocycles. The van der Waals surface area contributed by atoms with Gasteiger partial charge in [-0.3, -0.25) is 4.79 Å². The van der Waals surface area contributed by atoms with Gasteiger partial charge in [-0.15, -0.1) is 16.4 Å². The van der Waals surface area contributed by atoms with E-state index in [0.29, 0.717) is 23.8 Å². The summed E-state index contributed by atoms with van der Waals surface area (Å²) >= 11 is 1.45. The minimum atomic E-state index is -0.495. The lowest BCUT2D eigenvalue weighted by molar-refractivity contribution is -0.115. The van der Waals surface area contributed by atoms with Crippen molar-refractivity contribution in [2.45, 2.75) is 20.3 Å². The molecule has 0 atom stereocenters. The Morgan fingerprint density at radius 3 is 2.87 bits per heavy atom. The molecule has 10 heteroatoms. The molecule has 4 aromatic rings. The molecule has 0 bridgehead atoms. The second kappa shape index (κ2) is 9.00. The predicted octanol–water partition coefficient (Wildman–Crippen LogP) is 3.81. The van der Waals surface area contributed by atoms with Crippen LogP contribution in [0.1, 0.15) is 18.4 Å². The maximum Gasteiger partial charge on any atom is 0.230 e. The van der Waals surface area contributed by atoms with Gasteiger partial charge in [0.15, 0.2) is 5.82 Å². The number of hydrogen-bond donors (Lipinski definition) is 1. The van der Waals surface area contributed by atoms with Crippen molar-refractivity contribution in [1.82, 2.24) is 25.2 Å². The minimum absolute atomic E-state index is 0.0872. The van der Waals surface area contributed by atoms with Gasteiger partial charge in [0.05, 0.1) is 24.3 Å². The van der Waals surface area contributed by atoms with Gasteiger partial charge in [-0.05, 0) is 54.6 Å². The number of carbonyl (C=O) groups is 1. The normalized spacial score (nSPS) is 10.8. The van der Waals surface area contributed by atoms with Crippen molar-refractivity contribution in [2.75, 3.05) is 11.9 Å². The summed E-state index contributed by atoms with van der Waals surface area (Å²) in [6, 6.07) is 11.9. The SMILES string of the molecule is CCOc1ccccc1-c1nc(CC(=O)Nc2ccc(F)c(-n3nnnc3C)c2)cs1. The van der Waals surface area contributed by atoms with Crippen LogP contribution in [0.3, 0.4) is 0 Å². The van der Waals surface area contributed by atoms with Gasteiger partial charge < -0.3 is 10.1 Å². The summed E-state index contributed by atoms with van der Waals surface area (Å²) in [7, 11) is 0. The number of tetrazole rings is 1. The molecule has 0 saturated carbocycles. The van der Waals surface area contributed by atoms with Crippen LogP contribution < -0.4 is 10.1 Å². The molecule has 0 radical (unpaired) electrons. The number of nitrogens with one attached hydrogen (secondary N) is 1. The number of aryl methyl sites for hydroxylation is 1. The van der Waals surface area contributed by atoms with Gasteiger partial charge in [0.25, 0.3) is 0 Å². The van der Waals surface area contributed by atoms with E-state index < -0.39 is 5.82 Å². The van der Waals surface area contributed by atoms with Crippen LogP contribution in [-0.2, 0) is 11.2 Å². The van der Waals surface area contributed by atoms with Crippen molar-refractivity contribution in [2.24, 2.45) is 0 Å². The first kappa shape index (κ1) is 20.6. The molecular weight excluding hydrogens is 419 g/mol. The van der Waals surface area contributed by atoms with Crippen LogP contribution >= 0.6 is 11.3 Å². The number of ether oxygens (including phenoxy) is 1. The number of thiazole rings is 1. The van der Waals surface area contributed by atoms with E-state index >= 15 is 0 Å². The number of aromatic nitrogens is 5. The highest BCUT2D eigenvalue weighted by molar-refractivity contribution is 7.13. The van der Waals surface area contributed by atoms with Gasteiger partial charge in [-0.1, -0.05) is 12.1 Å². The summed E-state index contributed by atoms with van der Waals surface area (Å²) in [4.78, 5) is 17.1. The number of amides is 1. The smallest absolute Gasteiger partial charge is 0.230 e. The summed E-state index contributed by atoms with van der Waals surface area (Å²) in [5, 5.41) is 16.5. The summed E-state index contributed by atoms with van der Waals surface area (Å²) in [5.41, 5.74) is 2.13. The molecule has 0 saturated heterocycles. The number of carbonyl (C=O) groups excluding carboxylic acids is 1. The molecule has 0 unspecified atom stereocenters. The van der Waals surface area contributed by atoms with Gasteiger partial charge in [-0.25, -0.2) is 9.37 Å². The Morgan fingerprint density at radius 1 is 1.26 bits per heavy atom. The number of rotatable bonds is 7. The number of nitrogens with zero attached hydrogens (tertiary/aromatic N) is 5. The molecule has 31 heavy (non-hydrogen) atoms. The van der Waals surface area contributed by atoms with E-state index in [-0.39, 0.29) is 18.0 Å². The maximum absolute atomic E-state index is 14.2. The fourth-order valence-electron chi connectivity index (χ4n) is 3.01. The molecule has 2 aromatic heterocycles. The highest BCUT2D eigenvalue weighted by Crippen LogP contribution is 2.32. The molecule has 158 valence electrons. The second-order valence-electron chi connectivity index (χ2n) is 6.60. The molecule has 4 rings (SSSR count). The zero-order valence-electron chi connectivity index (χ0n) is 16.9. The second-order valence-corrected chi connectivity index (χ2v) is 7.46. The lowest BCUT2D eigenvalue weighted by Crippen LogP contribution is -2.15. The third-order valence-corrected chi connectivity index (χ3v) is 5.32. The molecule has 1 N–H and O–H groups in total. The van der Waals surface area contributed by atoms with Crippen LogP contribution in [0.4, 0.5) is 10.1 Å². The van der Waals surface area contributed by atoms with Crippen LogP contribution in [0.2, 0.25) is 0 Å². The molecule has 2 heterocycles. The number of para-hydroxylation sites is 1. The van der Waals surface area contributed by atoms with Gasteiger partial charge >= 0.3 is 0 Å². The van der Waals surface area contributed by atoms with Gasteiger partial charge in [-0.2, -0.15) is 4.68 Å². The zero-order valence-corrected chi connectivity index (χ0v) is 17.7. The van der Waals surface area contributed by atoms with Crippen molar-refractivity contribution >= 4 is 22.9 Å². The Kier molecular flexibility index (Phi) is 5.99. The summed E-state index contributed by atoms with van der Waals surface area (Å²) in [6.45, 7) is 4.14. The van der Waals surface area contributed by atoms with Crippen LogP contribution in [0, 0.1) is 12.7 Å². The number of anilines is 1. The number of halogens is 1. The lowest BCUT2D eigenvalue weighted by atomic mass is 10.2. The molecule has 0 aliphatic carbocycles. The van der Waals surface area contributed by atoms with E-state index in [0.717, 1.165) is 16.3 Å². The zero-order chi connectivity index (χ0) is 21.8. The van der Waals surface area contributed by atoms with Gasteiger partial charge in [0.1, 0.15) is 22.3 Å². The van der Waals surface area contributed by atoms with E-state index in [1.165, 1.54) is 34.2 Å². The Hall–Kier alpha value is -3.66. The van der Waals surface area contributed by atoms with E-state index in [9.17, 15) is 9.18 Å². The predicted molar refractivity (Wildman–Crippen MR) is 115 cm³/mol. The monoisotopic (exact) mass is 438 g/mol. The average Bonchev–Trinajstić information content (AvgIpc) is 3.39. The third kappa shape index (κ3) is 4.58. The topological polar surface area (TPSA) is 94.8 Å². The van der Waals surface area contributed by atoms with Crippen LogP contribution in [0.25, 0.3) is 16.3 Å². The number of benzene rings is 2. The molecule has 1 amide bonds. The third-order valence-electron chi connectivity index (χ3n) is 4.39. The molecule has 2 aromatic carbocycles. The largest absolute Gasteiger partial charge is 0.493 e. The first-order valence-electron chi connectivity index (χ1n) is 9.56. The fraction of sp³-hybridized carbons (Fsp3) is 0.190. The molecule has 0 fully saturated rings. The maximum atomic E-state index is 14.2. The fourth-order valence-corrected chi connectivity index (χ4v) is 3.86. The molecule has 0 aliphatic rings. The van der Waals surface area contributed by atoms with Crippen molar-refractivity contribution in [1.29, 1.82) is 0 Å². The Bertz CT molecular complexity index is 1220. The molecule has 8 nitrogen and oxygen atoms in total. The standard InChI is InChI=1S/C21H19FN6O2S/c1-3-30-19-7-5-4-6-16(19)21-24-15(12-31-21)11-20(29)23-14-8-9-17(22)18(10-14)28-13(2)25-26-27-28/h4-10,12H,3,11H2,1-2H3,(H,23,29). The van der Waals surface area contributed by atoms with E-state index in [1.54, 1.807) is 6.92 Å². The first-order valence-corrected chi connectivity index (χ1v) is 10.4. The van der Waals surface area contributed by atoms with E-state index in [2.05, 4.69) is 25.8 Å². The van der Waals surface area contributed by atoms with Crippen LogP contribution in [0.5, 0.6) is 5.75 Å². The van der Waals surface area contributed by atoms with Crippen LogP contribution in [0.15, 0.2) is 47.8 Å². The van der Waals surface area contributed by atoms with E-state index in [1.807, 2.05) is 36.6 Å². The highest BCUT2D eigenvalue weighted by atomic mass is 32.1. The molecule has 0 spiro atoms. The van der Waals surface area contributed by atoms with Gasteiger partial charge in [0.2, 0.25) is 5.91 Å². The Morgan fingerprint density at radius 2 is 2.10 bits per heavy atom. The van der Waals surface area contributed by atoms with Gasteiger partial charge in [0, 0.05) is 11.1 Å². The Balaban J connectivity index is 1.48. The first-order chi connectivity index (χ1) is 15.0. The van der Waals surface area contributed by atoms with Crippen LogP contribution in [-0.4, -0.2) is 37.7 Å². The quantitative estimate of drug-likeness (QED) is 0.471. The lowest BCUT2D eigenvalue weighted by Gasteiger charge is -2.08. The Labute approximate surface area is 181 Å². The highest BCUT2D eigenvalue weighted by Gasteiger charge is 2.14. The average molecular weight is 438 g/mol.